The van der Waals surface area contributed by atoms with Crippen LogP contribution in [-0.2, 0) is 4.79 Å². The molecular weight excluding hydrogens is 436 g/mol. The Bertz CT molecular complexity index is 1230. The molecule has 3 aromatic rings. The predicted octanol–water partition coefficient (Wildman–Crippen LogP) is 5.58. The van der Waals surface area contributed by atoms with Crippen LogP contribution in [0.5, 0.6) is 5.75 Å². The van der Waals surface area contributed by atoms with Gasteiger partial charge in [0.2, 0.25) is 0 Å². The van der Waals surface area contributed by atoms with Gasteiger partial charge in [-0.25, -0.2) is 0 Å². The summed E-state index contributed by atoms with van der Waals surface area (Å²) in [4.78, 5) is 25.4. The molecule has 1 fully saturated rings. The Hall–Kier alpha value is -3.43. The van der Waals surface area contributed by atoms with E-state index in [1.807, 2.05) is 6.92 Å². The van der Waals surface area contributed by atoms with E-state index in [0.717, 1.165) is 5.56 Å². The average molecular weight is 453 g/mol. The molecule has 1 aliphatic heterocycles. The minimum Gasteiger partial charge on any atom is -0.497 e. The molecule has 0 spiro atoms. The van der Waals surface area contributed by atoms with Crippen LogP contribution in [0.4, 0.5) is 11.4 Å². The number of carbonyl (C=O) groups excluding carboxylic acids is 1. The highest BCUT2D eigenvalue weighted by Gasteiger charge is 2.33. The molecule has 156 valence electrons. The Balaban J connectivity index is 1.61. The molecule has 2 aromatic carbocycles. The van der Waals surface area contributed by atoms with E-state index >= 15 is 0 Å². The molecule has 0 atom stereocenters. The van der Waals surface area contributed by atoms with Crippen molar-refractivity contribution in [3.05, 3.63) is 80.9 Å². The number of aryl methyl sites for hydroxylation is 1. The lowest BCUT2D eigenvalue weighted by molar-refractivity contribution is -0.384. The lowest BCUT2D eigenvalue weighted by atomic mass is 10.1. The second-order valence-corrected chi connectivity index (χ2v) is 8.35. The van der Waals surface area contributed by atoms with E-state index < -0.39 is 4.92 Å². The third-order valence-corrected chi connectivity index (χ3v) is 6.02. The van der Waals surface area contributed by atoms with Crippen LogP contribution in [0, 0.1) is 17.0 Å². The Labute approximate surface area is 187 Å². The molecule has 9 heteroatoms. The van der Waals surface area contributed by atoms with Crippen molar-refractivity contribution in [2.24, 2.45) is 0 Å². The molecule has 4 rings (SSSR count). The van der Waals surface area contributed by atoms with Crippen LogP contribution >= 0.6 is 24.0 Å². The molecule has 7 nitrogen and oxygen atoms in total. The molecule has 0 N–H and O–H groups in total. The number of carbonyl (C=O) groups is 1. The van der Waals surface area contributed by atoms with Crippen molar-refractivity contribution in [3.8, 4) is 17.1 Å². The second kappa shape index (κ2) is 8.37. The number of nitro benzene ring substituents is 1. The number of thiocarbonyl (C=S) groups is 1. The number of benzene rings is 2. The molecule has 0 saturated carbocycles. The van der Waals surface area contributed by atoms with E-state index in [0.29, 0.717) is 37.7 Å². The largest absolute Gasteiger partial charge is 0.497 e. The molecule has 0 unspecified atom stereocenters. The summed E-state index contributed by atoms with van der Waals surface area (Å²) in [6.45, 7) is 1.85. The van der Waals surface area contributed by atoms with Crippen LogP contribution in [0.25, 0.3) is 17.4 Å². The Morgan fingerprint density at radius 2 is 1.90 bits per heavy atom. The fraction of sp³-hybridized carbons (Fsp3) is 0.0909. The molecule has 1 saturated heterocycles. The van der Waals surface area contributed by atoms with Crippen molar-refractivity contribution in [2.45, 2.75) is 6.92 Å². The lowest BCUT2D eigenvalue weighted by Crippen LogP contribution is -2.27. The molecule has 1 aromatic heterocycles. The first kappa shape index (κ1) is 20.8. The fourth-order valence-corrected chi connectivity index (χ4v) is 4.39. The first-order valence-electron chi connectivity index (χ1n) is 9.14. The number of rotatable bonds is 5. The molecule has 0 radical (unpaired) electrons. The van der Waals surface area contributed by atoms with Crippen LogP contribution in [0.2, 0.25) is 0 Å². The van der Waals surface area contributed by atoms with Crippen molar-refractivity contribution in [1.29, 1.82) is 0 Å². The van der Waals surface area contributed by atoms with Crippen molar-refractivity contribution in [1.82, 2.24) is 0 Å². The first-order valence-corrected chi connectivity index (χ1v) is 10.4. The number of thioether (sulfide) groups is 1. The third-order valence-electron chi connectivity index (χ3n) is 4.72. The number of anilines is 1. The Kier molecular flexibility index (Phi) is 5.62. The smallest absolute Gasteiger partial charge is 0.270 e. The summed E-state index contributed by atoms with van der Waals surface area (Å²) < 4.78 is 11.4. The Morgan fingerprint density at radius 1 is 1.16 bits per heavy atom. The Morgan fingerprint density at radius 3 is 2.58 bits per heavy atom. The zero-order valence-corrected chi connectivity index (χ0v) is 18.2. The number of methoxy groups -OCH3 is 1. The van der Waals surface area contributed by atoms with Gasteiger partial charge in [-0.2, -0.15) is 0 Å². The van der Waals surface area contributed by atoms with Gasteiger partial charge in [-0.15, -0.1) is 0 Å². The van der Waals surface area contributed by atoms with Gasteiger partial charge in [-0.1, -0.05) is 30.0 Å². The number of amides is 1. The summed E-state index contributed by atoms with van der Waals surface area (Å²) in [6, 6.07) is 15.1. The summed E-state index contributed by atoms with van der Waals surface area (Å²) in [5, 5.41) is 11.1. The number of hydrogen-bond acceptors (Lipinski definition) is 7. The summed E-state index contributed by atoms with van der Waals surface area (Å²) >= 11 is 6.58. The zero-order chi connectivity index (χ0) is 22.1. The molecule has 31 heavy (non-hydrogen) atoms. The van der Waals surface area contributed by atoms with E-state index in [1.165, 1.54) is 28.8 Å². The van der Waals surface area contributed by atoms with Crippen LogP contribution in [0.1, 0.15) is 11.3 Å². The maximum Gasteiger partial charge on any atom is 0.270 e. The number of non-ortho nitro benzene ring substituents is 1. The van der Waals surface area contributed by atoms with Crippen molar-refractivity contribution >= 4 is 51.7 Å². The zero-order valence-electron chi connectivity index (χ0n) is 16.5. The minimum absolute atomic E-state index is 0.0149. The highest BCUT2D eigenvalue weighted by molar-refractivity contribution is 8.27. The highest BCUT2D eigenvalue weighted by atomic mass is 32.2. The summed E-state index contributed by atoms with van der Waals surface area (Å²) in [5.41, 5.74) is 2.11. The van der Waals surface area contributed by atoms with Crippen LogP contribution < -0.4 is 9.64 Å². The van der Waals surface area contributed by atoms with E-state index in [4.69, 9.17) is 21.4 Å². The molecule has 0 aliphatic carbocycles. The van der Waals surface area contributed by atoms with Crippen molar-refractivity contribution in [2.75, 3.05) is 12.0 Å². The van der Waals surface area contributed by atoms with Crippen molar-refractivity contribution in [3.63, 3.8) is 0 Å². The summed E-state index contributed by atoms with van der Waals surface area (Å²) in [5.74, 6) is 1.38. The van der Waals surface area contributed by atoms with Crippen molar-refractivity contribution < 1.29 is 18.9 Å². The summed E-state index contributed by atoms with van der Waals surface area (Å²) in [7, 11) is 1.57. The minimum atomic E-state index is -0.447. The number of nitrogens with zero attached hydrogens (tertiary/aromatic N) is 2. The SMILES string of the molecule is COc1ccc(N2C(=O)/C(=C/c3ccc(-c4cc([N+](=O)[O-])ccc4C)o3)SC2=S)cc1. The van der Waals surface area contributed by atoms with Gasteiger partial charge in [0.25, 0.3) is 11.6 Å². The molecule has 0 bridgehead atoms. The monoisotopic (exact) mass is 452 g/mol. The average Bonchev–Trinajstić information content (AvgIpc) is 3.32. The van der Waals surface area contributed by atoms with Crippen LogP contribution in [0.15, 0.2) is 63.9 Å². The van der Waals surface area contributed by atoms with E-state index in [1.54, 1.807) is 55.7 Å². The van der Waals surface area contributed by atoms with Crippen LogP contribution in [0.3, 0.4) is 0 Å². The quantitative estimate of drug-likeness (QED) is 0.216. The standard InChI is InChI=1S/C22H16N2O5S2/c1-13-3-4-15(24(26)27)11-18(13)19-10-9-17(29-19)12-20-21(25)23(22(30)31-20)14-5-7-16(28-2)8-6-14/h3-12H,1-2H3/b20-12-. The highest BCUT2D eigenvalue weighted by Crippen LogP contribution is 2.37. The number of ether oxygens (including phenoxy) is 1. The van der Waals surface area contributed by atoms with Gasteiger partial charge in [-0.3, -0.25) is 19.8 Å². The van der Waals surface area contributed by atoms with E-state index in [-0.39, 0.29) is 11.6 Å². The molecule has 1 aliphatic rings. The molecular formula is C22H16N2O5S2. The number of furan rings is 1. The topological polar surface area (TPSA) is 85.8 Å². The van der Waals surface area contributed by atoms with Gasteiger partial charge >= 0.3 is 0 Å². The van der Waals surface area contributed by atoms with Crippen LogP contribution in [-0.4, -0.2) is 22.3 Å². The van der Waals surface area contributed by atoms with Gasteiger partial charge in [0, 0.05) is 23.8 Å². The molecule has 2 heterocycles. The maximum atomic E-state index is 12.9. The maximum absolute atomic E-state index is 12.9. The third kappa shape index (κ3) is 4.10. The van der Waals surface area contributed by atoms with Gasteiger partial charge in [0.15, 0.2) is 4.32 Å². The lowest BCUT2D eigenvalue weighted by Gasteiger charge is -2.14. The fourth-order valence-electron chi connectivity index (χ4n) is 3.12. The van der Waals surface area contributed by atoms with Gasteiger partial charge in [0.1, 0.15) is 17.3 Å². The van der Waals surface area contributed by atoms with E-state index in [2.05, 4.69) is 0 Å². The number of nitro groups is 1. The number of hydrogen-bond donors (Lipinski definition) is 0. The van der Waals surface area contributed by atoms with Gasteiger partial charge in [-0.05, 0) is 48.9 Å². The van der Waals surface area contributed by atoms with Gasteiger partial charge in [0.05, 0.1) is 22.6 Å². The second-order valence-electron chi connectivity index (χ2n) is 6.67. The summed E-state index contributed by atoms with van der Waals surface area (Å²) in [6.07, 6.45) is 1.62. The van der Waals surface area contributed by atoms with E-state index in [9.17, 15) is 14.9 Å². The normalized spacial score (nSPS) is 15.0. The van der Waals surface area contributed by atoms with Gasteiger partial charge < -0.3 is 9.15 Å². The predicted molar refractivity (Wildman–Crippen MR) is 124 cm³/mol. The first-order chi connectivity index (χ1) is 14.9. The molecule has 1 amide bonds.